The summed E-state index contributed by atoms with van der Waals surface area (Å²) < 4.78 is 49.7. The summed E-state index contributed by atoms with van der Waals surface area (Å²) in [4.78, 5) is 25.7. The number of aryl methyl sites for hydroxylation is 1. The van der Waals surface area contributed by atoms with Crippen LogP contribution in [0.15, 0.2) is 29.3 Å². The molecular weight excluding hydrogens is 469 g/mol. The first-order chi connectivity index (χ1) is 16.1. The van der Waals surface area contributed by atoms with Gasteiger partial charge in [-0.15, -0.1) is 0 Å². The Balaban J connectivity index is 1.70. The molecule has 3 N–H and O–H groups in total. The Morgan fingerprint density at radius 2 is 2.15 bits per heavy atom. The van der Waals surface area contributed by atoms with E-state index in [-0.39, 0.29) is 40.7 Å². The third-order valence-electron chi connectivity index (χ3n) is 6.15. The SMILES string of the molecule is CCC1C2COc3c(cn(C)c3C(=O)Nc3ccc(F)c(C#N)c3)S(=O)(=O)NC2CN1C(=O)O. The number of nitrogens with zero attached hydrogens (tertiary/aromatic N) is 3. The number of hydrogen-bond donors (Lipinski definition) is 3. The maximum atomic E-state index is 13.6. The Morgan fingerprint density at radius 1 is 1.41 bits per heavy atom. The second-order valence-corrected chi connectivity index (χ2v) is 9.84. The molecular formula is C21H22FN5O6S. The fraction of sp³-hybridized carbons (Fsp3) is 0.381. The summed E-state index contributed by atoms with van der Waals surface area (Å²) in [7, 11) is -2.67. The number of amides is 2. The topological polar surface area (TPSA) is 154 Å². The number of hydrogen-bond acceptors (Lipinski definition) is 6. The largest absolute Gasteiger partial charge is 0.489 e. The molecule has 13 heteroatoms. The van der Waals surface area contributed by atoms with Crippen LogP contribution in [-0.4, -0.2) is 60.2 Å². The summed E-state index contributed by atoms with van der Waals surface area (Å²) in [6.45, 7) is 1.78. The number of halogens is 1. The highest BCUT2D eigenvalue weighted by molar-refractivity contribution is 7.89. The van der Waals surface area contributed by atoms with Crippen LogP contribution in [-0.2, 0) is 17.1 Å². The number of anilines is 1. The first kappa shape index (κ1) is 23.5. The van der Waals surface area contributed by atoms with E-state index in [1.165, 1.54) is 28.8 Å². The number of nitriles is 1. The van der Waals surface area contributed by atoms with Crippen LogP contribution in [0.4, 0.5) is 14.9 Å². The monoisotopic (exact) mass is 491 g/mol. The average molecular weight is 492 g/mol. The van der Waals surface area contributed by atoms with Crippen molar-refractivity contribution in [3.05, 3.63) is 41.5 Å². The highest BCUT2D eigenvalue weighted by Crippen LogP contribution is 2.37. The zero-order valence-electron chi connectivity index (χ0n) is 18.3. The van der Waals surface area contributed by atoms with E-state index in [9.17, 15) is 27.5 Å². The lowest BCUT2D eigenvalue weighted by Crippen LogP contribution is -2.44. The van der Waals surface area contributed by atoms with Crippen LogP contribution < -0.4 is 14.8 Å². The minimum atomic E-state index is -4.15. The van der Waals surface area contributed by atoms with Gasteiger partial charge in [0.2, 0.25) is 10.0 Å². The molecule has 2 amide bonds. The summed E-state index contributed by atoms with van der Waals surface area (Å²) in [5.41, 5.74) is -0.213. The summed E-state index contributed by atoms with van der Waals surface area (Å²) in [6, 6.07) is 4.01. The quantitative estimate of drug-likeness (QED) is 0.591. The molecule has 4 rings (SSSR count). The molecule has 2 aromatic rings. The number of rotatable bonds is 3. The molecule has 3 unspecified atom stereocenters. The zero-order chi connectivity index (χ0) is 24.8. The molecule has 3 heterocycles. The van der Waals surface area contributed by atoms with Gasteiger partial charge in [-0.25, -0.2) is 22.3 Å². The van der Waals surface area contributed by atoms with E-state index >= 15 is 0 Å². The van der Waals surface area contributed by atoms with Gasteiger partial charge < -0.3 is 24.6 Å². The highest BCUT2D eigenvalue weighted by atomic mass is 32.2. The normalized spacial score (nSPS) is 23.0. The second kappa shape index (κ2) is 8.62. The Bertz CT molecular complexity index is 1320. The van der Waals surface area contributed by atoms with Crippen LogP contribution in [0.25, 0.3) is 0 Å². The number of carbonyl (C=O) groups excluding carboxylic acids is 1. The Morgan fingerprint density at radius 3 is 2.79 bits per heavy atom. The van der Waals surface area contributed by atoms with E-state index in [0.717, 1.165) is 12.1 Å². The van der Waals surface area contributed by atoms with Crippen molar-refractivity contribution < 1.29 is 32.2 Å². The van der Waals surface area contributed by atoms with Gasteiger partial charge in [0, 0.05) is 43.5 Å². The predicted molar refractivity (Wildman–Crippen MR) is 116 cm³/mol. The van der Waals surface area contributed by atoms with E-state index in [4.69, 9.17) is 10.00 Å². The molecule has 0 aliphatic carbocycles. The van der Waals surface area contributed by atoms with E-state index in [1.807, 2.05) is 0 Å². The van der Waals surface area contributed by atoms with E-state index in [2.05, 4.69) is 10.0 Å². The lowest BCUT2D eigenvalue weighted by molar-refractivity contribution is 0.101. The Kier molecular flexibility index (Phi) is 5.96. The van der Waals surface area contributed by atoms with Crippen molar-refractivity contribution in [1.29, 1.82) is 5.26 Å². The fourth-order valence-electron chi connectivity index (χ4n) is 4.57. The van der Waals surface area contributed by atoms with Crippen LogP contribution >= 0.6 is 0 Å². The van der Waals surface area contributed by atoms with Gasteiger partial charge in [0.25, 0.3) is 5.91 Å². The predicted octanol–water partition coefficient (Wildman–Crippen LogP) is 1.72. The van der Waals surface area contributed by atoms with Crippen molar-refractivity contribution in [2.45, 2.75) is 30.3 Å². The summed E-state index contributed by atoms with van der Waals surface area (Å²) in [5, 5.41) is 21.1. The van der Waals surface area contributed by atoms with E-state index in [0.29, 0.717) is 6.42 Å². The number of aromatic nitrogens is 1. The second-order valence-electron chi connectivity index (χ2n) is 8.16. The highest BCUT2D eigenvalue weighted by Gasteiger charge is 2.47. The van der Waals surface area contributed by atoms with Crippen molar-refractivity contribution in [3.8, 4) is 11.8 Å². The first-order valence-electron chi connectivity index (χ1n) is 10.4. The molecule has 2 aliphatic heterocycles. The molecule has 1 aromatic heterocycles. The van der Waals surface area contributed by atoms with Gasteiger partial charge in [-0.2, -0.15) is 5.26 Å². The van der Waals surface area contributed by atoms with Crippen LogP contribution in [0.5, 0.6) is 5.75 Å². The molecule has 1 aromatic carbocycles. The van der Waals surface area contributed by atoms with Crippen LogP contribution in [0, 0.1) is 23.1 Å². The molecule has 1 saturated heterocycles. The Hall–Kier alpha value is -3.63. The lowest BCUT2D eigenvalue weighted by atomic mass is 9.96. The van der Waals surface area contributed by atoms with Crippen LogP contribution in [0.2, 0.25) is 0 Å². The van der Waals surface area contributed by atoms with Gasteiger partial charge in [-0.05, 0) is 24.6 Å². The molecule has 3 atom stereocenters. The fourth-order valence-corrected chi connectivity index (χ4v) is 6.04. The van der Waals surface area contributed by atoms with Crippen LogP contribution in [0.3, 0.4) is 0 Å². The number of fused-ring (bicyclic) bond motifs is 2. The van der Waals surface area contributed by atoms with E-state index in [1.54, 1.807) is 13.0 Å². The van der Waals surface area contributed by atoms with Gasteiger partial charge in [0.1, 0.15) is 16.8 Å². The van der Waals surface area contributed by atoms with Gasteiger partial charge in [0.15, 0.2) is 11.4 Å². The molecule has 11 nitrogen and oxygen atoms in total. The number of carbonyl (C=O) groups is 2. The standard InChI is InChI=1S/C21H22FN5O6S/c1-3-16-13-10-33-19-17(34(31,32)25-15(13)8-27(16)21(29)30)9-26(2)18(19)20(28)24-12-4-5-14(22)11(6-12)7-23/h4-6,9,13,15-16,25H,3,8,10H2,1-2H3,(H,24,28)(H,29,30). The number of likely N-dealkylation sites (tertiary alicyclic amines) is 1. The summed E-state index contributed by atoms with van der Waals surface area (Å²) in [6.07, 6.45) is 0.547. The number of nitrogens with one attached hydrogen (secondary N) is 2. The van der Waals surface area contributed by atoms with Crippen molar-refractivity contribution in [1.82, 2.24) is 14.2 Å². The molecule has 0 radical (unpaired) electrons. The van der Waals surface area contributed by atoms with Gasteiger partial charge in [0.05, 0.1) is 12.2 Å². The van der Waals surface area contributed by atoms with Crippen molar-refractivity contribution >= 4 is 27.7 Å². The average Bonchev–Trinajstić information content (AvgIpc) is 3.29. The van der Waals surface area contributed by atoms with Crippen LogP contribution in [0.1, 0.15) is 29.4 Å². The molecule has 180 valence electrons. The van der Waals surface area contributed by atoms with Gasteiger partial charge in [-0.3, -0.25) is 4.79 Å². The zero-order valence-corrected chi connectivity index (χ0v) is 19.1. The number of benzene rings is 1. The molecule has 0 saturated carbocycles. The Labute approximate surface area is 194 Å². The molecule has 0 bridgehead atoms. The van der Waals surface area contributed by atoms with Crippen molar-refractivity contribution in [3.63, 3.8) is 0 Å². The molecule has 34 heavy (non-hydrogen) atoms. The van der Waals surface area contributed by atoms with Gasteiger partial charge in [-0.1, -0.05) is 6.92 Å². The number of carboxylic acid groups (broad SMARTS) is 1. The number of ether oxygens (including phenoxy) is 1. The third-order valence-corrected chi connectivity index (χ3v) is 7.63. The number of sulfonamides is 1. The minimum absolute atomic E-state index is 0.0115. The molecule has 1 fully saturated rings. The molecule has 0 spiro atoms. The smallest absolute Gasteiger partial charge is 0.407 e. The first-order valence-corrected chi connectivity index (χ1v) is 11.9. The van der Waals surface area contributed by atoms with Crippen molar-refractivity contribution in [2.75, 3.05) is 18.5 Å². The summed E-state index contributed by atoms with van der Waals surface area (Å²) in [5.74, 6) is -2.10. The third kappa shape index (κ3) is 3.95. The molecule has 2 aliphatic rings. The van der Waals surface area contributed by atoms with Gasteiger partial charge >= 0.3 is 6.09 Å². The summed E-state index contributed by atoms with van der Waals surface area (Å²) >= 11 is 0. The van der Waals surface area contributed by atoms with Crippen molar-refractivity contribution in [2.24, 2.45) is 13.0 Å². The lowest BCUT2D eigenvalue weighted by Gasteiger charge is -2.27. The minimum Gasteiger partial charge on any atom is -0.489 e. The maximum Gasteiger partial charge on any atom is 0.407 e. The van der Waals surface area contributed by atoms with E-state index < -0.39 is 45.8 Å². The maximum absolute atomic E-state index is 13.6.